The first kappa shape index (κ1) is 18.4. The molecular formula is C15H32NO3+. The van der Waals surface area contributed by atoms with Gasteiger partial charge in [-0.3, -0.25) is 4.79 Å². The van der Waals surface area contributed by atoms with E-state index in [0.717, 1.165) is 17.4 Å². The van der Waals surface area contributed by atoms with Crippen LogP contribution >= 0.6 is 0 Å². The van der Waals surface area contributed by atoms with E-state index in [9.17, 15) is 4.79 Å². The zero-order valence-electron chi connectivity index (χ0n) is 13.2. The van der Waals surface area contributed by atoms with Gasteiger partial charge in [-0.25, -0.2) is 0 Å². The van der Waals surface area contributed by atoms with Gasteiger partial charge in [-0.1, -0.05) is 39.0 Å². The van der Waals surface area contributed by atoms with Crippen LogP contribution in [-0.4, -0.2) is 56.0 Å². The molecule has 0 aromatic heterocycles. The molecule has 0 radical (unpaired) electrons. The number of carboxylic acid groups (broad SMARTS) is 1. The molecule has 19 heavy (non-hydrogen) atoms. The summed E-state index contributed by atoms with van der Waals surface area (Å²) in [6.45, 7) is 3.64. The molecular weight excluding hydrogens is 242 g/mol. The third kappa shape index (κ3) is 13.6. The van der Waals surface area contributed by atoms with Crippen LogP contribution in [0.2, 0.25) is 0 Å². The SMILES string of the molecule is CCCCCCCCO[C@H](CC(=O)O)C[N+](C)(C)C. The van der Waals surface area contributed by atoms with Crippen LogP contribution in [0.1, 0.15) is 51.9 Å². The normalized spacial score (nSPS) is 13.5. The standard InChI is InChI=1S/C15H31NO3/c1-5-6-7-8-9-10-11-19-14(12-15(17)18)13-16(2,3)4/h14H,5-13H2,1-4H3/p+1/t14-/m1/s1. The molecule has 0 heterocycles. The fourth-order valence-electron chi connectivity index (χ4n) is 2.11. The average molecular weight is 274 g/mol. The number of likely N-dealkylation sites (N-methyl/N-ethyl adjacent to an activating group) is 1. The first-order valence-corrected chi connectivity index (χ1v) is 7.49. The first-order chi connectivity index (χ1) is 8.85. The Morgan fingerprint density at radius 3 is 2.21 bits per heavy atom. The molecule has 1 N–H and O–H groups in total. The van der Waals surface area contributed by atoms with Crippen LogP contribution in [0.15, 0.2) is 0 Å². The van der Waals surface area contributed by atoms with Gasteiger partial charge in [0.15, 0.2) is 0 Å². The van der Waals surface area contributed by atoms with Crippen molar-refractivity contribution < 1.29 is 19.1 Å². The van der Waals surface area contributed by atoms with Crippen molar-refractivity contribution in [2.75, 3.05) is 34.3 Å². The molecule has 114 valence electrons. The molecule has 1 atom stereocenters. The summed E-state index contributed by atoms with van der Waals surface area (Å²) in [5.74, 6) is -0.776. The molecule has 0 saturated heterocycles. The highest BCUT2D eigenvalue weighted by Crippen LogP contribution is 2.08. The van der Waals surface area contributed by atoms with E-state index in [0.29, 0.717) is 6.61 Å². The highest BCUT2D eigenvalue weighted by atomic mass is 16.5. The average Bonchev–Trinajstić information content (AvgIpc) is 2.24. The number of quaternary nitrogens is 1. The van der Waals surface area contributed by atoms with E-state index in [1.54, 1.807) is 0 Å². The van der Waals surface area contributed by atoms with Gasteiger partial charge < -0.3 is 14.3 Å². The van der Waals surface area contributed by atoms with Crippen LogP contribution in [0.5, 0.6) is 0 Å². The number of hydrogen-bond donors (Lipinski definition) is 1. The van der Waals surface area contributed by atoms with Crippen molar-refractivity contribution >= 4 is 5.97 Å². The minimum absolute atomic E-state index is 0.103. The molecule has 0 fully saturated rings. The summed E-state index contributed by atoms with van der Waals surface area (Å²) in [5.41, 5.74) is 0. The lowest BCUT2D eigenvalue weighted by molar-refractivity contribution is -0.873. The number of carboxylic acids is 1. The lowest BCUT2D eigenvalue weighted by Crippen LogP contribution is -2.43. The topological polar surface area (TPSA) is 46.5 Å². The Labute approximate surface area is 118 Å². The van der Waals surface area contributed by atoms with Crippen molar-refractivity contribution in [2.45, 2.75) is 58.0 Å². The lowest BCUT2D eigenvalue weighted by atomic mass is 10.1. The van der Waals surface area contributed by atoms with E-state index < -0.39 is 5.97 Å². The Hall–Kier alpha value is -0.610. The van der Waals surface area contributed by atoms with Gasteiger partial charge in [0.1, 0.15) is 12.6 Å². The van der Waals surface area contributed by atoms with E-state index in [1.807, 2.05) is 0 Å². The Balaban J connectivity index is 3.77. The predicted octanol–water partition coefficient (Wildman–Crippen LogP) is 2.91. The summed E-state index contributed by atoms with van der Waals surface area (Å²) in [6.07, 6.45) is 7.29. The highest BCUT2D eigenvalue weighted by molar-refractivity contribution is 5.67. The van der Waals surface area contributed by atoms with Gasteiger partial charge >= 0.3 is 5.97 Å². The van der Waals surface area contributed by atoms with Gasteiger partial charge in [-0.2, -0.15) is 0 Å². The van der Waals surface area contributed by atoms with Gasteiger partial charge in [0.2, 0.25) is 0 Å². The Morgan fingerprint density at radius 2 is 1.68 bits per heavy atom. The van der Waals surface area contributed by atoms with E-state index >= 15 is 0 Å². The molecule has 0 saturated carbocycles. The van der Waals surface area contributed by atoms with Crippen molar-refractivity contribution in [2.24, 2.45) is 0 Å². The van der Waals surface area contributed by atoms with Crippen LogP contribution in [-0.2, 0) is 9.53 Å². The maximum atomic E-state index is 10.8. The molecule has 0 unspecified atom stereocenters. The zero-order chi connectivity index (χ0) is 14.7. The number of unbranched alkanes of at least 4 members (excludes halogenated alkanes) is 5. The number of hydrogen-bond acceptors (Lipinski definition) is 2. The van der Waals surface area contributed by atoms with Crippen molar-refractivity contribution in [1.29, 1.82) is 0 Å². The van der Waals surface area contributed by atoms with E-state index in [4.69, 9.17) is 9.84 Å². The fraction of sp³-hybridized carbons (Fsp3) is 0.933. The third-order valence-electron chi connectivity index (χ3n) is 3.01. The fourth-order valence-corrected chi connectivity index (χ4v) is 2.11. The van der Waals surface area contributed by atoms with Gasteiger partial charge in [0, 0.05) is 6.61 Å². The van der Waals surface area contributed by atoms with E-state index in [1.165, 1.54) is 32.1 Å². The Morgan fingerprint density at radius 1 is 1.11 bits per heavy atom. The number of nitrogens with zero attached hydrogens (tertiary/aromatic N) is 1. The van der Waals surface area contributed by atoms with E-state index in [2.05, 4.69) is 28.1 Å². The predicted molar refractivity (Wildman–Crippen MR) is 78.3 cm³/mol. The molecule has 0 spiro atoms. The number of aliphatic carboxylic acids is 1. The van der Waals surface area contributed by atoms with Crippen molar-refractivity contribution in [3.63, 3.8) is 0 Å². The second-order valence-electron chi connectivity index (χ2n) is 6.33. The number of rotatable bonds is 12. The largest absolute Gasteiger partial charge is 0.481 e. The van der Waals surface area contributed by atoms with Gasteiger partial charge in [-0.05, 0) is 6.42 Å². The van der Waals surface area contributed by atoms with Crippen LogP contribution < -0.4 is 0 Å². The van der Waals surface area contributed by atoms with Crippen LogP contribution in [0, 0.1) is 0 Å². The van der Waals surface area contributed by atoms with Gasteiger partial charge in [0.05, 0.1) is 27.6 Å². The highest BCUT2D eigenvalue weighted by Gasteiger charge is 2.21. The maximum absolute atomic E-state index is 10.8. The smallest absolute Gasteiger partial charge is 0.306 e. The minimum Gasteiger partial charge on any atom is -0.481 e. The quantitative estimate of drug-likeness (QED) is 0.440. The van der Waals surface area contributed by atoms with Crippen LogP contribution in [0.25, 0.3) is 0 Å². The lowest BCUT2D eigenvalue weighted by Gasteiger charge is -2.28. The number of ether oxygens (including phenoxy) is 1. The Bertz CT molecular complexity index is 236. The second kappa shape index (κ2) is 10.2. The molecule has 0 aromatic rings. The van der Waals surface area contributed by atoms with Crippen molar-refractivity contribution in [1.82, 2.24) is 0 Å². The molecule has 0 aliphatic rings. The first-order valence-electron chi connectivity index (χ1n) is 7.49. The zero-order valence-corrected chi connectivity index (χ0v) is 13.2. The molecule has 0 aliphatic heterocycles. The molecule has 0 aromatic carbocycles. The van der Waals surface area contributed by atoms with E-state index in [-0.39, 0.29) is 12.5 Å². The molecule has 4 nitrogen and oxygen atoms in total. The van der Waals surface area contributed by atoms with Crippen LogP contribution in [0.4, 0.5) is 0 Å². The third-order valence-corrected chi connectivity index (χ3v) is 3.01. The number of carbonyl (C=O) groups is 1. The summed E-state index contributed by atoms with van der Waals surface area (Å²) in [6, 6.07) is 0. The summed E-state index contributed by atoms with van der Waals surface area (Å²) in [4.78, 5) is 10.8. The molecule has 0 rings (SSSR count). The monoisotopic (exact) mass is 274 g/mol. The summed E-state index contributed by atoms with van der Waals surface area (Å²) < 4.78 is 6.47. The summed E-state index contributed by atoms with van der Waals surface area (Å²) in [7, 11) is 6.18. The molecule has 0 aliphatic carbocycles. The molecule has 0 bridgehead atoms. The van der Waals surface area contributed by atoms with Gasteiger partial charge in [-0.15, -0.1) is 0 Å². The Kier molecular flexibility index (Phi) is 9.88. The minimum atomic E-state index is -0.776. The molecule has 4 heteroatoms. The van der Waals surface area contributed by atoms with Crippen molar-refractivity contribution in [3.05, 3.63) is 0 Å². The maximum Gasteiger partial charge on any atom is 0.306 e. The van der Waals surface area contributed by atoms with Crippen LogP contribution in [0.3, 0.4) is 0 Å². The molecule has 0 amide bonds. The second-order valence-corrected chi connectivity index (χ2v) is 6.33. The van der Waals surface area contributed by atoms with Crippen molar-refractivity contribution in [3.8, 4) is 0 Å². The summed E-state index contributed by atoms with van der Waals surface area (Å²) in [5, 5.41) is 8.89. The summed E-state index contributed by atoms with van der Waals surface area (Å²) >= 11 is 0. The van der Waals surface area contributed by atoms with Gasteiger partial charge in [0.25, 0.3) is 0 Å².